The van der Waals surface area contributed by atoms with Crippen molar-refractivity contribution < 1.29 is 8.42 Å². The fourth-order valence-electron chi connectivity index (χ4n) is 1.45. The molecular weight excluding hydrogens is 232 g/mol. The van der Waals surface area contributed by atoms with E-state index < -0.39 is 21.3 Å². The quantitative estimate of drug-likeness (QED) is 0.727. The molecule has 0 bridgehead atoms. The molecule has 2 rings (SSSR count). The third-order valence-corrected chi connectivity index (χ3v) is 3.09. The van der Waals surface area contributed by atoms with E-state index in [2.05, 4.69) is 4.98 Å². The van der Waals surface area contributed by atoms with E-state index in [4.69, 9.17) is 0 Å². The number of nitrogens with zero attached hydrogens (tertiary/aromatic N) is 1. The van der Waals surface area contributed by atoms with Crippen molar-refractivity contribution >= 4 is 20.9 Å². The molecule has 0 atom stereocenters. The van der Waals surface area contributed by atoms with E-state index in [1.54, 1.807) is 12.1 Å². The summed E-state index contributed by atoms with van der Waals surface area (Å²) in [7, 11) is -3.90. The van der Waals surface area contributed by atoms with Crippen LogP contribution in [0.25, 0.3) is 10.9 Å². The van der Waals surface area contributed by atoms with Crippen molar-refractivity contribution in [3.05, 3.63) is 45.1 Å². The van der Waals surface area contributed by atoms with Crippen LogP contribution in [0.1, 0.15) is 0 Å². The average Bonchev–Trinajstić information content (AvgIpc) is 2.15. The summed E-state index contributed by atoms with van der Waals surface area (Å²) < 4.78 is 22.7. The molecule has 0 saturated heterocycles. The van der Waals surface area contributed by atoms with Gasteiger partial charge in [-0.15, -0.1) is 0 Å². The number of rotatable bonds is 1. The molecule has 16 heavy (non-hydrogen) atoms. The van der Waals surface area contributed by atoms with Crippen molar-refractivity contribution in [1.82, 2.24) is 8.96 Å². The summed E-state index contributed by atoms with van der Waals surface area (Å²) in [4.78, 5) is 25.5. The first-order valence-electron chi connectivity index (χ1n) is 4.36. The Morgan fingerprint density at radius 3 is 2.44 bits per heavy atom. The lowest BCUT2D eigenvalue weighted by atomic mass is 10.2. The SMILES string of the molecule is CS(=O)(=O)n1c(=O)[nH]c2ccccc2c1=O. The number of H-pyrrole nitrogens is 1. The zero-order valence-electron chi connectivity index (χ0n) is 8.30. The molecular formula is C9H8N2O4S. The number of hydrogen-bond acceptors (Lipinski definition) is 4. The van der Waals surface area contributed by atoms with Gasteiger partial charge in [-0.3, -0.25) is 4.79 Å². The van der Waals surface area contributed by atoms with Crippen molar-refractivity contribution in [2.75, 3.05) is 6.26 Å². The first kappa shape index (κ1) is 10.6. The third-order valence-electron chi connectivity index (χ3n) is 2.10. The van der Waals surface area contributed by atoms with Crippen LogP contribution in [-0.2, 0) is 10.0 Å². The summed E-state index contributed by atoms with van der Waals surface area (Å²) in [5, 5.41) is 0.160. The largest absolute Gasteiger partial charge is 0.342 e. The van der Waals surface area contributed by atoms with E-state index in [0.29, 0.717) is 5.52 Å². The zero-order chi connectivity index (χ0) is 11.9. The van der Waals surface area contributed by atoms with Gasteiger partial charge in [0, 0.05) is 0 Å². The van der Waals surface area contributed by atoms with Crippen molar-refractivity contribution in [2.45, 2.75) is 0 Å². The number of fused-ring (bicyclic) bond motifs is 1. The minimum Gasteiger partial charge on any atom is -0.306 e. The van der Waals surface area contributed by atoms with E-state index in [1.165, 1.54) is 12.1 Å². The van der Waals surface area contributed by atoms with Crippen LogP contribution in [0.4, 0.5) is 0 Å². The predicted octanol–water partition coefficient (Wildman–Crippen LogP) is -0.502. The van der Waals surface area contributed by atoms with Crippen molar-refractivity contribution in [1.29, 1.82) is 0 Å². The summed E-state index contributed by atoms with van der Waals surface area (Å²) in [6.45, 7) is 0. The van der Waals surface area contributed by atoms with Gasteiger partial charge in [0.2, 0.25) is 10.0 Å². The molecule has 0 radical (unpaired) electrons. The Kier molecular flexibility index (Phi) is 2.20. The molecule has 2 aromatic rings. The van der Waals surface area contributed by atoms with Gasteiger partial charge in [-0.2, -0.15) is 3.97 Å². The van der Waals surface area contributed by atoms with Crippen molar-refractivity contribution in [2.24, 2.45) is 0 Å². The molecule has 0 aliphatic rings. The first-order chi connectivity index (χ1) is 7.41. The van der Waals surface area contributed by atoms with Crippen LogP contribution in [0.15, 0.2) is 33.9 Å². The summed E-state index contributed by atoms with van der Waals surface area (Å²) in [5.74, 6) is 0. The van der Waals surface area contributed by atoms with Crippen LogP contribution >= 0.6 is 0 Å². The van der Waals surface area contributed by atoms with Gasteiger partial charge in [-0.1, -0.05) is 12.1 Å². The zero-order valence-corrected chi connectivity index (χ0v) is 9.11. The molecule has 6 nitrogen and oxygen atoms in total. The molecule has 0 spiro atoms. The van der Waals surface area contributed by atoms with Crippen LogP contribution in [0.5, 0.6) is 0 Å². The standard InChI is InChI=1S/C9H8N2O4S/c1-16(14,15)11-8(12)6-4-2-3-5-7(6)10-9(11)13/h2-5H,1H3,(H,10,13). The van der Waals surface area contributed by atoms with E-state index >= 15 is 0 Å². The Balaban J connectivity index is 3.11. The smallest absolute Gasteiger partial charge is 0.306 e. The van der Waals surface area contributed by atoms with E-state index in [1.807, 2.05) is 0 Å². The second kappa shape index (κ2) is 3.31. The lowest BCUT2D eigenvalue weighted by Gasteiger charge is -2.02. The van der Waals surface area contributed by atoms with Gasteiger partial charge in [0.05, 0.1) is 17.2 Å². The molecule has 0 aliphatic carbocycles. The second-order valence-corrected chi connectivity index (χ2v) is 5.14. The number of aromatic amines is 1. The highest BCUT2D eigenvalue weighted by molar-refractivity contribution is 7.89. The normalized spacial score (nSPS) is 11.8. The molecule has 1 aromatic heterocycles. The average molecular weight is 240 g/mol. The van der Waals surface area contributed by atoms with Gasteiger partial charge < -0.3 is 4.98 Å². The summed E-state index contributed by atoms with van der Waals surface area (Å²) in [6.07, 6.45) is 0.804. The fraction of sp³-hybridized carbons (Fsp3) is 0.111. The molecule has 0 unspecified atom stereocenters. The summed E-state index contributed by atoms with van der Waals surface area (Å²) in [6, 6.07) is 6.22. The summed E-state index contributed by atoms with van der Waals surface area (Å²) >= 11 is 0. The molecule has 7 heteroatoms. The Hall–Kier alpha value is -1.89. The Morgan fingerprint density at radius 1 is 1.19 bits per heavy atom. The van der Waals surface area contributed by atoms with Crippen LogP contribution in [0.2, 0.25) is 0 Å². The highest BCUT2D eigenvalue weighted by Crippen LogP contribution is 2.03. The third kappa shape index (κ3) is 1.54. The highest BCUT2D eigenvalue weighted by atomic mass is 32.2. The molecule has 1 aromatic carbocycles. The maximum atomic E-state index is 11.8. The van der Waals surface area contributed by atoms with Crippen LogP contribution < -0.4 is 11.2 Å². The van der Waals surface area contributed by atoms with Crippen LogP contribution in [0.3, 0.4) is 0 Å². The molecule has 1 heterocycles. The minimum absolute atomic E-state index is 0.160. The highest BCUT2D eigenvalue weighted by Gasteiger charge is 2.14. The van der Waals surface area contributed by atoms with Gasteiger partial charge in [-0.25, -0.2) is 13.2 Å². The van der Waals surface area contributed by atoms with Gasteiger partial charge in [-0.05, 0) is 12.1 Å². The number of nitrogens with one attached hydrogen (secondary N) is 1. The molecule has 0 saturated carbocycles. The molecule has 0 amide bonds. The Bertz CT molecular complexity index is 770. The maximum absolute atomic E-state index is 11.8. The van der Waals surface area contributed by atoms with Gasteiger partial charge >= 0.3 is 5.69 Å². The van der Waals surface area contributed by atoms with Crippen LogP contribution in [0, 0.1) is 0 Å². The van der Waals surface area contributed by atoms with E-state index in [-0.39, 0.29) is 9.36 Å². The Labute approximate surface area is 90.2 Å². The topological polar surface area (TPSA) is 89.0 Å². The maximum Gasteiger partial charge on any atom is 0.342 e. The lowest BCUT2D eigenvalue weighted by molar-refractivity contribution is 0.589. The van der Waals surface area contributed by atoms with E-state index in [0.717, 1.165) is 6.26 Å². The summed E-state index contributed by atoms with van der Waals surface area (Å²) in [5.41, 5.74) is -1.47. The van der Waals surface area contributed by atoms with Crippen molar-refractivity contribution in [3.63, 3.8) is 0 Å². The lowest BCUT2D eigenvalue weighted by Crippen LogP contribution is -2.39. The van der Waals surface area contributed by atoms with Gasteiger partial charge in [0.25, 0.3) is 5.56 Å². The first-order valence-corrected chi connectivity index (χ1v) is 6.21. The Morgan fingerprint density at radius 2 is 1.81 bits per heavy atom. The second-order valence-electron chi connectivity index (χ2n) is 3.31. The molecule has 84 valence electrons. The minimum atomic E-state index is -3.90. The number of para-hydroxylation sites is 1. The molecule has 0 fully saturated rings. The predicted molar refractivity (Wildman–Crippen MR) is 59.1 cm³/mol. The van der Waals surface area contributed by atoms with Crippen molar-refractivity contribution in [3.8, 4) is 0 Å². The number of benzene rings is 1. The van der Waals surface area contributed by atoms with E-state index in [9.17, 15) is 18.0 Å². The monoisotopic (exact) mass is 240 g/mol. The van der Waals surface area contributed by atoms with Crippen LogP contribution in [-0.4, -0.2) is 23.6 Å². The molecule has 1 N–H and O–H groups in total. The molecule has 0 aliphatic heterocycles. The van der Waals surface area contributed by atoms with Gasteiger partial charge in [0.15, 0.2) is 0 Å². The van der Waals surface area contributed by atoms with Gasteiger partial charge in [0.1, 0.15) is 0 Å². The fourth-order valence-corrected chi connectivity index (χ4v) is 2.19. The number of hydrogen-bond donors (Lipinski definition) is 1. The number of aromatic nitrogens is 2.